The van der Waals surface area contributed by atoms with Gasteiger partial charge in [0.15, 0.2) is 9.84 Å². The van der Waals surface area contributed by atoms with Gasteiger partial charge in [-0.2, -0.15) is 0 Å². The number of hydrogen-bond donors (Lipinski definition) is 0. The maximum Gasteiger partial charge on any atom is 0.218 e. The highest BCUT2D eigenvalue weighted by Gasteiger charge is 2.40. The summed E-state index contributed by atoms with van der Waals surface area (Å²) in [4.78, 5) is 0. The van der Waals surface area contributed by atoms with Crippen LogP contribution in [0.4, 0.5) is 0 Å². The predicted octanol–water partition coefficient (Wildman–Crippen LogP) is -0.0108. The average Bonchev–Trinajstić information content (AvgIpc) is 2.61. The summed E-state index contributed by atoms with van der Waals surface area (Å²) in [6.45, 7) is 1.11. The summed E-state index contributed by atoms with van der Waals surface area (Å²) >= 11 is 0. The maximum atomic E-state index is 12.1. The van der Waals surface area contributed by atoms with E-state index in [4.69, 9.17) is 0 Å². The molecule has 2 aliphatic heterocycles. The highest BCUT2D eigenvalue weighted by molar-refractivity contribution is 7.95. The first-order chi connectivity index (χ1) is 7.42. The van der Waals surface area contributed by atoms with E-state index in [1.807, 2.05) is 0 Å². The largest absolute Gasteiger partial charge is 0.229 e. The Balaban J connectivity index is 2.13. The molecule has 1 atom stereocenters. The van der Waals surface area contributed by atoms with E-state index in [0.717, 1.165) is 19.3 Å². The molecular formula is C9H17NO4S2. The third-order valence-corrected chi connectivity index (χ3v) is 7.60. The summed E-state index contributed by atoms with van der Waals surface area (Å²) < 4.78 is 48.3. The predicted molar refractivity (Wildman–Crippen MR) is 61.4 cm³/mol. The van der Waals surface area contributed by atoms with Gasteiger partial charge in [-0.3, -0.25) is 0 Å². The van der Waals surface area contributed by atoms with E-state index >= 15 is 0 Å². The lowest BCUT2D eigenvalue weighted by atomic mass is 10.2. The van der Waals surface area contributed by atoms with Gasteiger partial charge in [-0.05, 0) is 19.3 Å². The second-order valence-corrected chi connectivity index (χ2v) is 8.97. The van der Waals surface area contributed by atoms with Gasteiger partial charge in [0.25, 0.3) is 0 Å². The fourth-order valence-electron chi connectivity index (χ4n) is 2.33. The number of rotatable bonds is 2. The van der Waals surface area contributed by atoms with Crippen molar-refractivity contribution >= 4 is 19.9 Å². The van der Waals surface area contributed by atoms with Gasteiger partial charge in [-0.1, -0.05) is 6.42 Å². The van der Waals surface area contributed by atoms with E-state index < -0.39 is 25.1 Å². The van der Waals surface area contributed by atoms with Crippen LogP contribution in [0.5, 0.6) is 0 Å². The van der Waals surface area contributed by atoms with Crippen molar-refractivity contribution in [2.45, 2.75) is 30.9 Å². The van der Waals surface area contributed by atoms with Gasteiger partial charge >= 0.3 is 0 Å². The van der Waals surface area contributed by atoms with Crippen LogP contribution in [0.2, 0.25) is 0 Å². The van der Waals surface area contributed by atoms with Crippen LogP contribution < -0.4 is 0 Å². The summed E-state index contributed by atoms with van der Waals surface area (Å²) in [6, 6.07) is 0. The molecule has 0 aromatic heterocycles. The van der Waals surface area contributed by atoms with Crippen molar-refractivity contribution in [3.63, 3.8) is 0 Å². The van der Waals surface area contributed by atoms with Crippen LogP contribution in [0.15, 0.2) is 0 Å². The van der Waals surface area contributed by atoms with Gasteiger partial charge in [-0.15, -0.1) is 0 Å². The molecular weight excluding hydrogens is 250 g/mol. The first-order valence-corrected chi connectivity index (χ1v) is 8.94. The van der Waals surface area contributed by atoms with Crippen LogP contribution in [-0.4, -0.2) is 51.0 Å². The summed E-state index contributed by atoms with van der Waals surface area (Å²) in [5.74, 6) is -0.170. The summed E-state index contributed by atoms with van der Waals surface area (Å²) in [7, 11) is -6.50. The summed E-state index contributed by atoms with van der Waals surface area (Å²) in [6.07, 6.45) is 3.10. The third-order valence-electron chi connectivity index (χ3n) is 3.29. The van der Waals surface area contributed by atoms with Crippen LogP contribution in [0.1, 0.15) is 25.7 Å². The zero-order valence-electron chi connectivity index (χ0n) is 9.13. The minimum absolute atomic E-state index is 0.0186. The van der Waals surface area contributed by atoms with Gasteiger partial charge in [0, 0.05) is 13.1 Å². The van der Waals surface area contributed by atoms with Gasteiger partial charge < -0.3 is 0 Å². The molecule has 2 heterocycles. The van der Waals surface area contributed by atoms with Crippen molar-refractivity contribution in [1.29, 1.82) is 0 Å². The van der Waals surface area contributed by atoms with Crippen molar-refractivity contribution in [2.75, 3.05) is 24.6 Å². The van der Waals surface area contributed by atoms with Crippen molar-refractivity contribution in [2.24, 2.45) is 0 Å². The molecule has 7 heteroatoms. The molecule has 16 heavy (non-hydrogen) atoms. The smallest absolute Gasteiger partial charge is 0.218 e. The number of nitrogens with zero attached hydrogens (tertiary/aromatic N) is 1. The second-order valence-electron chi connectivity index (χ2n) is 4.53. The number of hydrogen-bond acceptors (Lipinski definition) is 4. The van der Waals surface area contributed by atoms with Crippen molar-refractivity contribution in [3.05, 3.63) is 0 Å². The second kappa shape index (κ2) is 4.27. The first-order valence-electron chi connectivity index (χ1n) is 5.61. The van der Waals surface area contributed by atoms with Gasteiger partial charge in [0.05, 0.1) is 16.8 Å². The van der Waals surface area contributed by atoms with E-state index in [0.29, 0.717) is 13.1 Å². The zero-order chi connectivity index (χ0) is 11.8. The van der Waals surface area contributed by atoms with Crippen LogP contribution in [-0.2, 0) is 19.9 Å². The molecule has 2 rings (SSSR count). The van der Waals surface area contributed by atoms with E-state index in [2.05, 4.69) is 0 Å². The Hall–Kier alpha value is -0.140. The molecule has 0 spiro atoms. The Kier molecular flexibility index (Phi) is 3.29. The number of piperidine rings is 1. The average molecular weight is 267 g/mol. The van der Waals surface area contributed by atoms with Crippen LogP contribution in [0.3, 0.4) is 0 Å². The molecule has 0 radical (unpaired) electrons. The Morgan fingerprint density at radius 1 is 1.06 bits per heavy atom. The molecule has 0 aromatic carbocycles. The Bertz CT molecular complexity index is 448. The molecule has 0 N–H and O–H groups in total. The van der Waals surface area contributed by atoms with Crippen molar-refractivity contribution in [3.8, 4) is 0 Å². The Labute approximate surface area is 96.8 Å². The van der Waals surface area contributed by atoms with Crippen molar-refractivity contribution in [1.82, 2.24) is 4.31 Å². The van der Waals surface area contributed by atoms with Gasteiger partial charge in [-0.25, -0.2) is 21.1 Å². The third kappa shape index (κ3) is 2.41. The molecule has 0 amide bonds. The normalized spacial score (nSPS) is 31.6. The van der Waals surface area contributed by atoms with E-state index in [-0.39, 0.29) is 17.9 Å². The quantitative estimate of drug-likeness (QED) is 0.705. The minimum atomic E-state index is -3.38. The van der Waals surface area contributed by atoms with Gasteiger partial charge in [0.1, 0.15) is 0 Å². The fraction of sp³-hybridized carbons (Fsp3) is 1.00. The molecule has 5 nitrogen and oxygen atoms in total. The highest BCUT2D eigenvalue weighted by atomic mass is 32.2. The molecule has 0 aromatic rings. The van der Waals surface area contributed by atoms with Crippen molar-refractivity contribution < 1.29 is 16.8 Å². The molecule has 2 saturated heterocycles. The maximum absolute atomic E-state index is 12.1. The molecule has 94 valence electrons. The lowest BCUT2D eigenvalue weighted by Crippen LogP contribution is -2.42. The first kappa shape index (κ1) is 12.3. The molecule has 0 bridgehead atoms. The van der Waals surface area contributed by atoms with E-state index in [9.17, 15) is 16.8 Å². The number of sulfone groups is 1. The van der Waals surface area contributed by atoms with Gasteiger partial charge in [0.2, 0.25) is 10.0 Å². The fourth-order valence-corrected chi connectivity index (χ4v) is 6.93. The lowest BCUT2D eigenvalue weighted by molar-refractivity contribution is 0.343. The summed E-state index contributed by atoms with van der Waals surface area (Å²) in [5, 5.41) is -0.699. The van der Waals surface area contributed by atoms with Crippen LogP contribution in [0.25, 0.3) is 0 Å². The standard InChI is InChI=1S/C9H17NO4S2/c11-15(12)7-4-9(8-15)16(13,14)10-5-2-1-3-6-10/h9H,1-8H2/t9-/m1/s1. The minimum Gasteiger partial charge on any atom is -0.229 e. The van der Waals surface area contributed by atoms with Crippen LogP contribution in [0, 0.1) is 0 Å². The summed E-state index contributed by atoms with van der Waals surface area (Å²) in [5.41, 5.74) is 0. The Morgan fingerprint density at radius 2 is 1.69 bits per heavy atom. The molecule has 0 saturated carbocycles. The lowest BCUT2D eigenvalue weighted by Gasteiger charge is -2.28. The molecule has 2 fully saturated rings. The van der Waals surface area contributed by atoms with Crippen LogP contribution >= 0.6 is 0 Å². The van der Waals surface area contributed by atoms with E-state index in [1.54, 1.807) is 0 Å². The monoisotopic (exact) mass is 267 g/mol. The SMILES string of the molecule is O=S1(=O)CC[C@@H](S(=O)(=O)N2CCCCC2)C1. The Morgan fingerprint density at radius 3 is 2.19 bits per heavy atom. The zero-order valence-corrected chi connectivity index (χ0v) is 10.8. The van der Waals surface area contributed by atoms with E-state index in [1.165, 1.54) is 4.31 Å². The molecule has 2 aliphatic rings. The topological polar surface area (TPSA) is 71.5 Å². The molecule has 0 aliphatic carbocycles. The molecule has 0 unspecified atom stereocenters. The number of sulfonamides is 1. The highest BCUT2D eigenvalue weighted by Crippen LogP contribution is 2.24.